The van der Waals surface area contributed by atoms with Gasteiger partial charge in [0, 0.05) is 44.1 Å². The Bertz CT molecular complexity index is 1090. The van der Waals surface area contributed by atoms with Crippen LogP contribution in [0.3, 0.4) is 0 Å². The molecule has 0 saturated carbocycles. The number of hydrogen-bond acceptors (Lipinski definition) is 5. The number of carbonyl (C=O) groups is 2. The molecule has 0 aromatic heterocycles. The van der Waals surface area contributed by atoms with E-state index < -0.39 is 23.9 Å². The molecule has 0 bridgehead atoms. The van der Waals surface area contributed by atoms with Crippen LogP contribution in [0.15, 0.2) is 53.7 Å². The Hall–Kier alpha value is -3.39. The van der Waals surface area contributed by atoms with Gasteiger partial charge in [-0.2, -0.15) is 0 Å². The van der Waals surface area contributed by atoms with Crippen molar-refractivity contribution < 1.29 is 18.7 Å². The molecule has 0 spiro atoms. The number of nitrogens with zero attached hydrogens (tertiary/aromatic N) is 2. The summed E-state index contributed by atoms with van der Waals surface area (Å²) in [5.74, 6) is -0.991. The Kier molecular flexibility index (Phi) is 6.65. The Morgan fingerprint density at radius 2 is 1.85 bits per heavy atom. The molecule has 2 heterocycles. The zero-order valence-corrected chi connectivity index (χ0v) is 19.2. The van der Waals surface area contributed by atoms with Gasteiger partial charge in [0.25, 0.3) is 0 Å². The van der Waals surface area contributed by atoms with Gasteiger partial charge in [-0.25, -0.2) is 14.0 Å². The number of carbonyl (C=O) groups excluding carboxylic acids is 2. The summed E-state index contributed by atoms with van der Waals surface area (Å²) < 4.78 is 18.9. The van der Waals surface area contributed by atoms with Gasteiger partial charge in [-0.15, -0.1) is 0 Å². The minimum absolute atomic E-state index is 0.291. The predicted molar refractivity (Wildman–Crippen MR) is 124 cm³/mol. The molecule has 1 saturated heterocycles. The number of ether oxygens (including phenoxy) is 1. The van der Waals surface area contributed by atoms with Gasteiger partial charge in [-0.3, -0.25) is 4.90 Å². The van der Waals surface area contributed by atoms with E-state index in [1.807, 2.05) is 0 Å². The van der Waals surface area contributed by atoms with Gasteiger partial charge >= 0.3 is 12.0 Å². The number of aryl methyl sites for hydroxylation is 1. The Balaban J connectivity index is 1.55. The second-order valence-corrected chi connectivity index (χ2v) is 8.45. The first-order chi connectivity index (χ1) is 15.9. The second-order valence-electron chi connectivity index (χ2n) is 8.45. The third kappa shape index (κ3) is 4.85. The predicted octanol–water partition coefficient (Wildman–Crippen LogP) is 3.05. The van der Waals surface area contributed by atoms with Crippen LogP contribution in [0.4, 0.5) is 14.9 Å². The number of rotatable bonds is 5. The SMILES string of the molecule is COC(=O)C1=C(CN2CCN(c3cccc(C)c3C)CC2)NC(=O)N[C@H]1c1cccc(F)c1. The molecule has 2 aromatic carbocycles. The maximum absolute atomic E-state index is 13.9. The van der Waals surface area contributed by atoms with Gasteiger partial charge in [0.1, 0.15) is 5.82 Å². The number of amides is 2. The fourth-order valence-corrected chi connectivity index (χ4v) is 4.48. The van der Waals surface area contributed by atoms with E-state index in [1.165, 1.54) is 36.1 Å². The lowest BCUT2D eigenvalue weighted by atomic mass is 9.95. The van der Waals surface area contributed by atoms with Crippen molar-refractivity contribution in [2.45, 2.75) is 19.9 Å². The van der Waals surface area contributed by atoms with Crippen LogP contribution in [0.2, 0.25) is 0 Å². The number of halogens is 1. The topological polar surface area (TPSA) is 73.9 Å². The average molecular weight is 453 g/mol. The number of nitrogens with one attached hydrogen (secondary N) is 2. The molecule has 7 nitrogen and oxygen atoms in total. The van der Waals surface area contributed by atoms with Crippen molar-refractivity contribution in [1.82, 2.24) is 15.5 Å². The summed E-state index contributed by atoms with van der Waals surface area (Å²) in [6.07, 6.45) is 0. The van der Waals surface area contributed by atoms with Crippen LogP contribution in [0.5, 0.6) is 0 Å². The number of anilines is 1. The second kappa shape index (κ2) is 9.62. The van der Waals surface area contributed by atoms with E-state index in [1.54, 1.807) is 12.1 Å². The maximum atomic E-state index is 13.9. The van der Waals surface area contributed by atoms with Crippen molar-refractivity contribution >= 4 is 17.7 Å². The highest BCUT2D eigenvalue weighted by molar-refractivity contribution is 5.95. The van der Waals surface area contributed by atoms with E-state index in [0.717, 1.165) is 26.2 Å². The van der Waals surface area contributed by atoms with Gasteiger partial charge in [0.15, 0.2) is 0 Å². The van der Waals surface area contributed by atoms with Gasteiger partial charge in [-0.1, -0.05) is 24.3 Å². The maximum Gasteiger partial charge on any atom is 0.338 e. The molecule has 0 unspecified atom stereocenters. The normalized spacial score (nSPS) is 19.2. The molecule has 1 fully saturated rings. The Morgan fingerprint density at radius 3 is 2.55 bits per heavy atom. The zero-order chi connectivity index (χ0) is 23.5. The van der Waals surface area contributed by atoms with E-state index in [9.17, 15) is 14.0 Å². The molecular weight excluding hydrogens is 423 g/mol. The minimum Gasteiger partial charge on any atom is -0.466 e. The van der Waals surface area contributed by atoms with Crippen molar-refractivity contribution in [2.24, 2.45) is 0 Å². The summed E-state index contributed by atoms with van der Waals surface area (Å²) in [4.78, 5) is 29.7. The number of urea groups is 1. The van der Waals surface area contributed by atoms with Crippen LogP contribution in [0.25, 0.3) is 0 Å². The van der Waals surface area contributed by atoms with Crippen LogP contribution >= 0.6 is 0 Å². The van der Waals surface area contributed by atoms with Gasteiger partial charge in [0.05, 0.1) is 18.7 Å². The molecule has 33 heavy (non-hydrogen) atoms. The molecule has 0 radical (unpaired) electrons. The van der Waals surface area contributed by atoms with Crippen molar-refractivity contribution in [2.75, 3.05) is 44.7 Å². The number of esters is 1. The van der Waals surface area contributed by atoms with Crippen LogP contribution in [0, 0.1) is 19.7 Å². The summed E-state index contributed by atoms with van der Waals surface area (Å²) in [5.41, 5.74) is 5.06. The summed E-state index contributed by atoms with van der Waals surface area (Å²) in [5, 5.41) is 5.51. The van der Waals surface area contributed by atoms with Gasteiger partial charge in [0.2, 0.25) is 0 Å². The molecule has 2 N–H and O–H groups in total. The van der Waals surface area contributed by atoms with Crippen molar-refractivity contribution in [3.63, 3.8) is 0 Å². The number of hydrogen-bond donors (Lipinski definition) is 2. The number of piperazine rings is 1. The monoisotopic (exact) mass is 452 g/mol. The molecule has 174 valence electrons. The van der Waals surface area contributed by atoms with E-state index in [4.69, 9.17) is 4.74 Å². The zero-order valence-electron chi connectivity index (χ0n) is 19.2. The molecule has 2 aliphatic rings. The van der Waals surface area contributed by atoms with Crippen molar-refractivity contribution in [1.29, 1.82) is 0 Å². The molecule has 2 aromatic rings. The molecule has 2 amide bonds. The smallest absolute Gasteiger partial charge is 0.338 e. The highest BCUT2D eigenvalue weighted by atomic mass is 19.1. The summed E-state index contributed by atoms with van der Waals surface area (Å²) in [6.45, 7) is 7.88. The minimum atomic E-state index is -0.784. The molecule has 2 aliphatic heterocycles. The van der Waals surface area contributed by atoms with Gasteiger partial charge < -0.3 is 20.3 Å². The first-order valence-corrected chi connectivity index (χ1v) is 11.0. The highest BCUT2D eigenvalue weighted by Crippen LogP contribution is 2.29. The average Bonchev–Trinajstić information content (AvgIpc) is 2.81. The van der Waals surface area contributed by atoms with Crippen molar-refractivity contribution in [3.8, 4) is 0 Å². The summed E-state index contributed by atoms with van der Waals surface area (Å²) >= 11 is 0. The Morgan fingerprint density at radius 1 is 1.12 bits per heavy atom. The molecule has 8 heteroatoms. The van der Waals surface area contributed by atoms with Crippen LogP contribution in [-0.4, -0.2) is 56.7 Å². The lowest BCUT2D eigenvalue weighted by molar-refractivity contribution is -0.136. The van der Waals surface area contributed by atoms with Crippen molar-refractivity contribution in [3.05, 3.63) is 76.2 Å². The first-order valence-electron chi connectivity index (χ1n) is 11.0. The van der Waals surface area contributed by atoms with E-state index in [2.05, 4.69) is 52.5 Å². The molecular formula is C25H29FN4O3. The lowest BCUT2D eigenvalue weighted by Gasteiger charge is -2.38. The standard InChI is InChI=1S/C25H29FN4O3/c1-16-6-4-9-21(17(16)2)30-12-10-29(11-13-30)15-20-22(24(31)33-3)23(28-25(32)27-20)18-7-5-8-19(26)14-18/h4-9,14,23H,10-13,15H2,1-3H3,(H2,27,28,32)/t23-/m0/s1. The fourth-order valence-electron chi connectivity index (χ4n) is 4.48. The van der Waals surface area contributed by atoms with E-state index in [0.29, 0.717) is 23.4 Å². The Labute approximate surface area is 193 Å². The molecule has 0 aliphatic carbocycles. The molecule has 4 rings (SSSR count). The van der Waals surface area contributed by atoms with E-state index in [-0.39, 0.29) is 0 Å². The van der Waals surface area contributed by atoms with Crippen LogP contribution in [-0.2, 0) is 9.53 Å². The largest absolute Gasteiger partial charge is 0.466 e. The van der Waals surface area contributed by atoms with Gasteiger partial charge in [-0.05, 0) is 48.7 Å². The molecule has 1 atom stereocenters. The number of methoxy groups -OCH3 is 1. The number of benzene rings is 2. The lowest BCUT2D eigenvalue weighted by Crippen LogP contribution is -2.51. The van der Waals surface area contributed by atoms with E-state index >= 15 is 0 Å². The highest BCUT2D eigenvalue weighted by Gasteiger charge is 2.34. The summed E-state index contributed by atoms with van der Waals surface area (Å²) in [6, 6.07) is 11.0. The summed E-state index contributed by atoms with van der Waals surface area (Å²) in [7, 11) is 1.30. The fraction of sp³-hybridized carbons (Fsp3) is 0.360. The van der Waals surface area contributed by atoms with Crippen LogP contribution < -0.4 is 15.5 Å². The van der Waals surface area contributed by atoms with Crippen LogP contribution in [0.1, 0.15) is 22.7 Å². The first kappa shape index (κ1) is 22.8. The third-order valence-corrected chi connectivity index (χ3v) is 6.41. The third-order valence-electron chi connectivity index (χ3n) is 6.41. The quantitative estimate of drug-likeness (QED) is 0.683.